The Hall–Kier alpha value is -1.51. The second kappa shape index (κ2) is 4.06. The first-order valence-electron chi connectivity index (χ1n) is 6.04. The molecule has 3 nitrogen and oxygen atoms in total. The van der Waals surface area contributed by atoms with Gasteiger partial charge >= 0.3 is 0 Å². The van der Waals surface area contributed by atoms with E-state index in [1.165, 1.54) is 5.56 Å². The van der Waals surface area contributed by atoms with Crippen molar-refractivity contribution in [3.63, 3.8) is 0 Å². The van der Waals surface area contributed by atoms with E-state index in [9.17, 15) is 0 Å². The van der Waals surface area contributed by atoms with Crippen LogP contribution >= 0.6 is 0 Å². The molecule has 0 aromatic carbocycles. The Balaban J connectivity index is 2.95. The third-order valence-electron chi connectivity index (χ3n) is 3.21. The molecule has 0 aliphatic carbocycles. The maximum Gasteiger partial charge on any atom is 0.111 e. The third kappa shape index (κ3) is 1.90. The molecule has 2 aromatic heterocycles. The second-order valence-corrected chi connectivity index (χ2v) is 4.94. The molecule has 0 amide bonds. The zero-order chi connectivity index (χ0) is 12.7. The van der Waals surface area contributed by atoms with Crippen LogP contribution in [0.25, 0.3) is 11.0 Å². The number of aromatic nitrogens is 3. The lowest BCUT2D eigenvalue weighted by atomic mass is 9.99. The van der Waals surface area contributed by atoms with Crippen LogP contribution in [0.3, 0.4) is 0 Å². The Morgan fingerprint density at radius 3 is 1.71 bits per heavy atom. The molecule has 0 bridgehead atoms. The van der Waals surface area contributed by atoms with Crippen molar-refractivity contribution in [2.24, 2.45) is 0 Å². The summed E-state index contributed by atoms with van der Waals surface area (Å²) in [6, 6.07) is 0. The van der Waals surface area contributed by atoms with Crippen molar-refractivity contribution in [3.8, 4) is 0 Å². The van der Waals surface area contributed by atoms with Gasteiger partial charge in [-0.2, -0.15) is 0 Å². The molecule has 0 saturated heterocycles. The SMILES string of the molecule is Cc1nc2c(C)nc(C)c(C(C)C)c2nc1C. The lowest BCUT2D eigenvalue weighted by Gasteiger charge is -2.14. The van der Waals surface area contributed by atoms with Gasteiger partial charge in [-0.25, -0.2) is 9.97 Å². The average molecular weight is 229 g/mol. The summed E-state index contributed by atoms with van der Waals surface area (Å²) in [5.74, 6) is 0.419. The predicted octanol–water partition coefficient (Wildman–Crippen LogP) is 3.38. The summed E-state index contributed by atoms with van der Waals surface area (Å²) < 4.78 is 0. The van der Waals surface area contributed by atoms with Crippen LogP contribution < -0.4 is 0 Å². The van der Waals surface area contributed by atoms with Gasteiger partial charge in [0, 0.05) is 11.3 Å². The zero-order valence-electron chi connectivity index (χ0n) is 11.4. The third-order valence-corrected chi connectivity index (χ3v) is 3.21. The van der Waals surface area contributed by atoms with Gasteiger partial charge in [-0.15, -0.1) is 0 Å². The monoisotopic (exact) mass is 229 g/mol. The number of hydrogen-bond donors (Lipinski definition) is 0. The van der Waals surface area contributed by atoms with Crippen molar-refractivity contribution in [1.82, 2.24) is 15.0 Å². The van der Waals surface area contributed by atoms with Gasteiger partial charge in [-0.1, -0.05) is 13.8 Å². The summed E-state index contributed by atoms with van der Waals surface area (Å²) in [4.78, 5) is 13.9. The standard InChI is InChI=1S/C14H19N3/c1-7(2)12-10(5)15-11(6)13-14(12)17-9(4)8(3)16-13/h7H,1-6H3. The molecular weight excluding hydrogens is 210 g/mol. The van der Waals surface area contributed by atoms with E-state index in [0.29, 0.717) is 5.92 Å². The Morgan fingerprint density at radius 1 is 0.647 bits per heavy atom. The summed E-state index contributed by atoms with van der Waals surface area (Å²) in [7, 11) is 0. The first-order chi connectivity index (χ1) is 7.91. The van der Waals surface area contributed by atoms with Gasteiger partial charge in [-0.3, -0.25) is 4.98 Å². The maximum atomic E-state index is 4.72. The van der Waals surface area contributed by atoms with E-state index < -0.39 is 0 Å². The zero-order valence-corrected chi connectivity index (χ0v) is 11.4. The largest absolute Gasteiger partial charge is 0.256 e. The molecule has 90 valence electrons. The lowest BCUT2D eigenvalue weighted by Crippen LogP contribution is -2.05. The smallest absolute Gasteiger partial charge is 0.111 e. The second-order valence-electron chi connectivity index (χ2n) is 4.94. The van der Waals surface area contributed by atoms with Crippen molar-refractivity contribution < 1.29 is 0 Å². The highest BCUT2D eigenvalue weighted by Crippen LogP contribution is 2.27. The topological polar surface area (TPSA) is 38.7 Å². The van der Waals surface area contributed by atoms with Gasteiger partial charge in [0.05, 0.1) is 22.6 Å². The van der Waals surface area contributed by atoms with Crippen LogP contribution in [0.15, 0.2) is 0 Å². The van der Waals surface area contributed by atoms with Gasteiger partial charge in [-0.05, 0) is 33.6 Å². The molecule has 0 spiro atoms. The van der Waals surface area contributed by atoms with Crippen LogP contribution in [0, 0.1) is 27.7 Å². The molecule has 0 fully saturated rings. The van der Waals surface area contributed by atoms with E-state index in [1.54, 1.807) is 0 Å². The molecule has 0 aliphatic rings. The molecule has 0 N–H and O–H groups in total. The Kier molecular flexibility index (Phi) is 2.86. The minimum atomic E-state index is 0.419. The van der Waals surface area contributed by atoms with Crippen molar-refractivity contribution >= 4 is 11.0 Å². The number of fused-ring (bicyclic) bond motifs is 1. The molecule has 0 saturated carbocycles. The average Bonchev–Trinajstić information content (AvgIpc) is 2.20. The summed E-state index contributed by atoms with van der Waals surface area (Å²) >= 11 is 0. The van der Waals surface area contributed by atoms with E-state index in [-0.39, 0.29) is 0 Å². The number of pyridine rings is 1. The molecule has 2 aromatic rings. The molecular formula is C14H19N3. The minimum Gasteiger partial charge on any atom is -0.256 e. The van der Waals surface area contributed by atoms with Crippen LogP contribution in [-0.2, 0) is 0 Å². The molecule has 3 heteroatoms. The van der Waals surface area contributed by atoms with E-state index in [2.05, 4.69) is 30.7 Å². The minimum absolute atomic E-state index is 0.419. The van der Waals surface area contributed by atoms with Gasteiger partial charge in [0.15, 0.2) is 0 Å². The Morgan fingerprint density at radius 2 is 1.18 bits per heavy atom. The van der Waals surface area contributed by atoms with Gasteiger partial charge in [0.2, 0.25) is 0 Å². The molecule has 0 unspecified atom stereocenters. The molecule has 0 atom stereocenters. The van der Waals surface area contributed by atoms with Crippen molar-refractivity contribution in [1.29, 1.82) is 0 Å². The summed E-state index contributed by atoms with van der Waals surface area (Å²) in [6.45, 7) is 12.4. The van der Waals surface area contributed by atoms with Crippen LogP contribution in [0.4, 0.5) is 0 Å². The molecule has 2 rings (SSSR count). The molecule has 2 heterocycles. The Labute approximate surface area is 102 Å². The fourth-order valence-corrected chi connectivity index (χ4v) is 2.27. The van der Waals surface area contributed by atoms with E-state index >= 15 is 0 Å². The van der Waals surface area contributed by atoms with Crippen molar-refractivity contribution in [2.75, 3.05) is 0 Å². The number of hydrogen-bond acceptors (Lipinski definition) is 3. The highest BCUT2D eigenvalue weighted by molar-refractivity contribution is 5.81. The fraction of sp³-hybridized carbons (Fsp3) is 0.500. The van der Waals surface area contributed by atoms with Gasteiger partial charge in [0.25, 0.3) is 0 Å². The molecule has 17 heavy (non-hydrogen) atoms. The predicted molar refractivity (Wildman–Crippen MR) is 70.4 cm³/mol. The normalized spacial score (nSPS) is 11.5. The van der Waals surface area contributed by atoms with E-state index in [4.69, 9.17) is 4.98 Å². The van der Waals surface area contributed by atoms with Gasteiger partial charge in [0.1, 0.15) is 5.52 Å². The van der Waals surface area contributed by atoms with Crippen LogP contribution in [0.5, 0.6) is 0 Å². The molecule has 0 radical (unpaired) electrons. The number of aryl methyl sites for hydroxylation is 4. The van der Waals surface area contributed by atoms with E-state index in [0.717, 1.165) is 33.8 Å². The van der Waals surface area contributed by atoms with Gasteiger partial charge < -0.3 is 0 Å². The van der Waals surface area contributed by atoms with Crippen molar-refractivity contribution in [2.45, 2.75) is 47.5 Å². The van der Waals surface area contributed by atoms with E-state index in [1.807, 2.05) is 20.8 Å². The number of nitrogens with zero attached hydrogens (tertiary/aromatic N) is 3. The Bertz CT molecular complexity index is 586. The number of rotatable bonds is 1. The quantitative estimate of drug-likeness (QED) is 0.752. The molecule has 0 aliphatic heterocycles. The summed E-state index contributed by atoms with van der Waals surface area (Å²) in [6.07, 6.45) is 0. The summed E-state index contributed by atoms with van der Waals surface area (Å²) in [5, 5.41) is 0. The first kappa shape index (κ1) is 12.0. The highest BCUT2D eigenvalue weighted by atomic mass is 14.9. The fourth-order valence-electron chi connectivity index (χ4n) is 2.27. The van der Waals surface area contributed by atoms with Crippen LogP contribution in [-0.4, -0.2) is 15.0 Å². The summed E-state index contributed by atoms with van der Waals surface area (Å²) in [5.41, 5.74) is 7.22. The van der Waals surface area contributed by atoms with Crippen molar-refractivity contribution in [3.05, 3.63) is 28.3 Å². The van der Waals surface area contributed by atoms with Crippen LogP contribution in [0.2, 0.25) is 0 Å². The first-order valence-corrected chi connectivity index (χ1v) is 6.04. The van der Waals surface area contributed by atoms with Crippen LogP contribution in [0.1, 0.15) is 48.1 Å². The lowest BCUT2D eigenvalue weighted by molar-refractivity contribution is 0.843. The maximum absolute atomic E-state index is 4.72. The highest BCUT2D eigenvalue weighted by Gasteiger charge is 2.15.